The lowest BCUT2D eigenvalue weighted by molar-refractivity contribution is 0.260. The average Bonchev–Trinajstić information content (AvgIpc) is 2.37. The molecule has 1 aromatic carbocycles. The first-order valence-electron chi connectivity index (χ1n) is 6.43. The quantitative estimate of drug-likeness (QED) is 0.850. The molecule has 0 unspecified atom stereocenters. The molecule has 0 aliphatic carbocycles. The molecule has 0 spiro atoms. The molecule has 0 bridgehead atoms. The monoisotopic (exact) mass is 244 g/mol. The Hall–Kier alpha value is -1.45. The zero-order valence-electron chi connectivity index (χ0n) is 10.9. The largest absolute Gasteiger partial charge is 0.396 e. The minimum Gasteiger partial charge on any atom is -0.396 e. The number of benzene rings is 1. The van der Waals surface area contributed by atoms with Gasteiger partial charge in [-0.3, -0.25) is 4.98 Å². The highest BCUT2D eigenvalue weighted by Gasteiger charge is 2.15. The Morgan fingerprint density at radius 1 is 1.22 bits per heavy atom. The van der Waals surface area contributed by atoms with E-state index in [2.05, 4.69) is 36.3 Å². The molecule has 18 heavy (non-hydrogen) atoms. The third kappa shape index (κ3) is 2.86. The number of pyridine rings is 1. The summed E-state index contributed by atoms with van der Waals surface area (Å²) >= 11 is 0. The van der Waals surface area contributed by atoms with E-state index in [9.17, 15) is 5.11 Å². The summed E-state index contributed by atoms with van der Waals surface area (Å²) in [6, 6.07) is 10.7. The first kappa shape index (κ1) is 13.0. The van der Waals surface area contributed by atoms with E-state index in [0.717, 1.165) is 11.1 Å². The summed E-state index contributed by atoms with van der Waals surface area (Å²) < 4.78 is 0. The molecule has 1 aromatic heterocycles. The molecule has 2 aromatic rings. The summed E-state index contributed by atoms with van der Waals surface area (Å²) in [4.78, 5) is 4.51. The van der Waals surface area contributed by atoms with Gasteiger partial charge < -0.3 is 10.4 Å². The van der Waals surface area contributed by atoms with Crippen LogP contribution in [0, 0.1) is 0 Å². The Balaban J connectivity index is 2.43. The fraction of sp³-hybridized carbons (Fsp3) is 0.400. The van der Waals surface area contributed by atoms with Crippen LogP contribution in [0.5, 0.6) is 0 Å². The smallest absolute Gasteiger partial charge is 0.0652 e. The number of aromatic nitrogens is 1. The predicted octanol–water partition coefficient (Wildman–Crippen LogP) is 2.66. The number of nitrogens with one attached hydrogen (secondary N) is 1. The number of aliphatic hydroxyl groups excluding tert-OH is 1. The molecule has 0 fully saturated rings. The van der Waals surface area contributed by atoms with Gasteiger partial charge in [0, 0.05) is 24.2 Å². The van der Waals surface area contributed by atoms with Crippen molar-refractivity contribution in [2.24, 2.45) is 0 Å². The number of fused-ring (bicyclic) bond motifs is 1. The van der Waals surface area contributed by atoms with Crippen LogP contribution < -0.4 is 5.32 Å². The van der Waals surface area contributed by atoms with E-state index in [1.54, 1.807) is 0 Å². The van der Waals surface area contributed by atoms with Crippen molar-refractivity contribution in [1.29, 1.82) is 0 Å². The van der Waals surface area contributed by atoms with Gasteiger partial charge in [-0.25, -0.2) is 0 Å². The Labute approximate surface area is 108 Å². The standard InChI is InChI=1S/C15H20N2O/c1-11(2)17-14(8-10-18)15-13-6-4-3-5-12(13)7-9-16-15/h3-7,9,11,14,17-18H,8,10H2,1-2H3/t14-/m1/s1. The van der Waals surface area contributed by atoms with Gasteiger partial charge in [0.15, 0.2) is 0 Å². The van der Waals surface area contributed by atoms with Crippen molar-refractivity contribution < 1.29 is 5.11 Å². The summed E-state index contributed by atoms with van der Waals surface area (Å²) in [5.41, 5.74) is 1.02. The molecule has 2 N–H and O–H groups in total. The summed E-state index contributed by atoms with van der Waals surface area (Å²) in [6.45, 7) is 4.38. The van der Waals surface area contributed by atoms with E-state index in [1.165, 1.54) is 5.39 Å². The Morgan fingerprint density at radius 3 is 2.72 bits per heavy atom. The summed E-state index contributed by atoms with van der Waals surface area (Å²) in [6.07, 6.45) is 2.52. The second-order valence-electron chi connectivity index (χ2n) is 4.80. The number of nitrogens with zero attached hydrogens (tertiary/aromatic N) is 1. The van der Waals surface area contributed by atoms with Gasteiger partial charge in [-0.1, -0.05) is 38.1 Å². The zero-order chi connectivity index (χ0) is 13.0. The Morgan fingerprint density at radius 2 is 2.00 bits per heavy atom. The van der Waals surface area contributed by atoms with Gasteiger partial charge in [0.1, 0.15) is 0 Å². The molecule has 0 aliphatic rings. The lowest BCUT2D eigenvalue weighted by Gasteiger charge is -2.21. The number of hydrogen-bond acceptors (Lipinski definition) is 3. The summed E-state index contributed by atoms with van der Waals surface area (Å²) in [7, 11) is 0. The van der Waals surface area contributed by atoms with E-state index in [-0.39, 0.29) is 12.6 Å². The van der Waals surface area contributed by atoms with Gasteiger partial charge in [0.25, 0.3) is 0 Å². The van der Waals surface area contributed by atoms with Gasteiger partial charge in [0.05, 0.1) is 11.7 Å². The second-order valence-corrected chi connectivity index (χ2v) is 4.80. The maximum atomic E-state index is 9.22. The number of rotatable bonds is 5. The highest BCUT2D eigenvalue weighted by molar-refractivity contribution is 5.84. The molecule has 0 radical (unpaired) electrons. The van der Waals surface area contributed by atoms with Crippen LogP contribution in [0.3, 0.4) is 0 Å². The van der Waals surface area contributed by atoms with Crippen molar-refractivity contribution in [1.82, 2.24) is 10.3 Å². The van der Waals surface area contributed by atoms with Crippen LogP contribution in [0.15, 0.2) is 36.5 Å². The van der Waals surface area contributed by atoms with E-state index in [1.807, 2.05) is 24.4 Å². The topological polar surface area (TPSA) is 45.1 Å². The van der Waals surface area contributed by atoms with Gasteiger partial charge >= 0.3 is 0 Å². The second kappa shape index (κ2) is 5.94. The minimum absolute atomic E-state index is 0.0982. The third-order valence-corrected chi connectivity index (χ3v) is 2.99. The lowest BCUT2D eigenvalue weighted by atomic mass is 10.0. The Bertz CT molecular complexity index is 505. The molecule has 0 saturated heterocycles. The highest BCUT2D eigenvalue weighted by atomic mass is 16.3. The first-order valence-corrected chi connectivity index (χ1v) is 6.43. The summed E-state index contributed by atoms with van der Waals surface area (Å²) in [5.74, 6) is 0. The molecule has 2 rings (SSSR count). The molecular weight excluding hydrogens is 224 g/mol. The van der Waals surface area contributed by atoms with Crippen LogP contribution in [0.4, 0.5) is 0 Å². The fourth-order valence-electron chi connectivity index (χ4n) is 2.25. The Kier molecular flexibility index (Phi) is 4.28. The summed E-state index contributed by atoms with van der Waals surface area (Å²) in [5, 5.41) is 15.0. The van der Waals surface area contributed by atoms with E-state index in [4.69, 9.17) is 0 Å². The predicted molar refractivity (Wildman–Crippen MR) is 74.5 cm³/mol. The normalized spacial score (nSPS) is 13.1. The molecule has 1 atom stereocenters. The van der Waals surface area contributed by atoms with Gasteiger partial charge in [0.2, 0.25) is 0 Å². The van der Waals surface area contributed by atoms with Crippen LogP contribution >= 0.6 is 0 Å². The first-order chi connectivity index (χ1) is 8.72. The van der Waals surface area contributed by atoms with Crippen LogP contribution in [0.2, 0.25) is 0 Å². The SMILES string of the molecule is CC(C)N[C@H](CCO)c1nccc2ccccc12. The molecule has 0 amide bonds. The minimum atomic E-state index is 0.0982. The third-order valence-electron chi connectivity index (χ3n) is 2.99. The van der Waals surface area contributed by atoms with Crippen molar-refractivity contribution in [2.45, 2.75) is 32.4 Å². The molecular formula is C15H20N2O. The van der Waals surface area contributed by atoms with Gasteiger partial charge in [-0.2, -0.15) is 0 Å². The number of hydrogen-bond donors (Lipinski definition) is 2. The van der Waals surface area contributed by atoms with E-state index in [0.29, 0.717) is 12.5 Å². The maximum absolute atomic E-state index is 9.22. The van der Waals surface area contributed by atoms with Crippen molar-refractivity contribution in [2.75, 3.05) is 6.61 Å². The van der Waals surface area contributed by atoms with E-state index < -0.39 is 0 Å². The van der Waals surface area contributed by atoms with E-state index >= 15 is 0 Å². The van der Waals surface area contributed by atoms with Crippen molar-refractivity contribution in [3.63, 3.8) is 0 Å². The van der Waals surface area contributed by atoms with Crippen LogP contribution in [-0.4, -0.2) is 22.7 Å². The average molecular weight is 244 g/mol. The van der Waals surface area contributed by atoms with Gasteiger partial charge in [-0.15, -0.1) is 0 Å². The van der Waals surface area contributed by atoms with Crippen LogP contribution in [0.1, 0.15) is 32.0 Å². The van der Waals surface area contributed by atoms with Crippen molar-refractivity contribution >= 4 is 10.8 Å². The van der Waals surface area contributed by atoms with Crippen LogP contribution in [0.25, 0.3) is 10.8 Å². The highest BCUT2D eigenvalue weighted by Crippen LogP contribution is 2.24. The van der Waals surface area contributed by atoms with Crippen molar-refractivity contribution in [3.8, 4) is 0 Å². The molecule has 3 heteroatoms. The number of aliphatic hydroxyl groups is 1. The molecule has 1 heterocycles. The molecule has 3 nitrogen and oxygen atoms in total. The maximum Gasteiger partial charge on any atom is 0.0652 e. The molecule has 0 saturated carbocycles. The molecule has 96 valence electrons. The van der Waals surface area contributed by atoms with Gasteiger partial charge in [-0.05, 0) is 17.9 Å². The fourth-order valence-corrected chi connectivity index (χ4v) is 2.25. The van der Waals surface area contributed by atoms with Crippen molar-refractivity contribution in [3.05, 3.63) is 42.2 Å². The molecule has 0 aliphatic heterocycles. The van der Waals surface area contributed by atoms with Crippen LogP contribution in [-0.2, 0) is 0 Å². The zero-order valence-corrected chi connectivity index (χ0v) is 10.9. The lowest BCUT2D eigenvalue weighted by Crippen LogP contribution is -2.29.